The third-order valence-electron chi connectivity index (χ3n) is 8.31. The van der Waals surface area contributed by atoms with Crippen molar-refractivity contribution in [1.82, 2.24) is 16.0 Å². The lowest BCUT2D eigenvalue weighted by atomic mass is 9.96. The largest absolute Gasteiger partial charge is 0.494 e. The van der Waals surface area contributed by atoms with Crippen LogP contribution in [0.2, 0.25) is 0 Å². The van der Waals surface area contributed by atoms with Gasteiger partial charge in [-0.3, -0.25) is 9.59 Å². The Balaban J connectivity index is 1.70. The van der Waals surface area contributed by atoms with E-state index < -0.39 is 24.0 Å². The zero-order chi connectivity index (χ0) is 36.8. The number of methoxy groups -OCH3 is 1. The van der Waals surface area contributed by atoms with Crippen LogP contribution in [-0.2, 0) is 35.0 Å². The summed E-state index contributed by atoms with van der Waals surface area (Å²) in [6.07, 6.45) is 15.5. The van der Waals surface area contributed by atoms with Crippen LogP contribution in [0.3, 0.4) is 0 Å². The molecule has 9 heteroatoms. The summed E-state index contributed by atoms with van der Waals surface area (Å²) in [4.78, 5) is 38.5. The number of ether oxygens (including phenoxy) is 3. The Kier molecular flexibility index (Phi) is 17.8. The van der Waals surface area contributed by atoms with Crippen molar-refractivity contribution in [1.29, 1.82) is 0 Å². The summed E-state index contributed by atoms with van der Waals surface area (Å²) in [7, 11) is 3.13. The second-order valence-corrected chi connectivity index (χ2v) is 12.1. The molecule has 0 fully saturated rings. The minimum atomic E-state index is -0.871. The van der Waals surface area contributed by atoms with Crippen LogP contribution in [0.4, 0.5) is 0 Å². The number of fused-ring (bicyclic) bond motifs is 1. The van der Waals surface area contributed by atoms with Crippen LogP contribution in [0.1, 0.15) is 56.1 Å². The highest BCUT2D eigenvalue weighted by molar-refractivity contribution is 5.90. The van der Waals surface area contributed by atoms with Crippen molar-refractivity contribution in [2.45, 2.75) is 63.5 Å². The molecule has 3 rings (SSSR count). The number of carbonyl (C=O) groups is 3. The van der Waals surface area contributed by atoms with Gasteiger partial charge >= 0.3 is 5.97 Å². The van der Waals surface area contributed by atoms with E-state index >= 15 is 0 Å². The van der Waals surface area contributed by atoms with Gasteiger partial charge in [0.15, 0.2) is 0 Å². The van der Waals surface area contributed by atoms with Gasteiger partial charge in [0.2, 0.25) is 11.8 Å². The number of allylic oxidation sites excluding steroid dienone is 3. The Hall–Kier alpha value is -5.15. The predicted octanol–water partition coefficient (Wildman–Crippen LogP) is 4.78. The third kappa shape index (κ3) is 13.6. The smallest absolute Gasteiger partial charge is 0.328 e. The van der Waals surface area contributed by atoms with Crippen LogP contribution in [-0.4, -0.2) is 63.8 Å². The summed E-state index contributed by atoms with van der Waals surface area (Å²) in [6, 6.07) is 14.8. The first kappa shape index (κ1) is 40.3. The molecule has 0 heterocycles. The molecule has 0 spiro atoms. The summed E-state index contributed by atoms with van der Waals surface area (Å²) < 4.78 is 16.8. The minimum Gasteiger partial charge on any atom is -0.494 e. The Labute approximate surface area is 302 Å². The number of unbranched alkanes of at least 4 members (excludes halogenated alkanes) is 1. The molecule has 2 unspecified atom stereocenters. The molecule has 0 saturated carbocycles. The molecule has 0 saturated heterocycles. The number of carbonyl (C=O) groups excluding carboxylic acids is 3. The zero-order valence-corrected chi connectivity index (χ0v) is 30.1. The van der Waals surface area contributed by atoms with Gasteiger partial charge < -0.3 is 30.2 Å². The highest BCUT2D eigenvalue weighted by Crippen LogP contribution is 2.23. The number of amides is 2. The molecule has 1 aliphatic rings. The van der Waals surface area contributed by atoms with Gasteiger partial charge in [0.1, 0.15) is 30.2 Å². The van der Waals surface area contributed by atoms with E-state index in [4.69, 9.17) is 14.2 Å². The third-order valence-corrected chi connectivity index (χ3v) is 8.31. The average molecular weight is 696 g/mol. The Morgan fingerprint density at radius 1 is 0.941 bits per heavy atom. The molecule has 2 aromatic rings. The van der Waals surface area contributed by atoms with Crippen molar-refractivity contribution in [3.8, 4) is 0 Å². The van der Waals surface area contributed by atoms with Crippen molar-refractivity contribution in [3.63, 3.8) is 0 Å². The molecule has 2 aromatic carbocycles. The number of nitrogens with one attached hydrogen (secondary N) is 3. The molecule has 0 bridgehead atoms. The molecule has 2 amide bonds. The highest BCUT2D eigenvalue weighted by Gasteiger charge is 2.26. The first-order chi connectivity index (χ1) is 24.8. The molecule has 272 valence electrons. The lowest BCUT2D eigenvalue weighted by molar-refractivity contribution is -0.145. The number of hydrogen-bond donors (Lipinski definition) is 3. The average Bonchev–Trinajstić information content (AvgIpc) is 3.31. The van der Waals surface area contributed by atoms with Crippen LogP contribution in [0, 0.1) is 0 Å². The molecule has 3 N–H and O–H groups in total. The van der Waals surface area contributed by atoms with Gasteiger partial charge in [-0.15, -0.1) is 6.58 Å². The second-order valence-electron chi connectivity index (χ2n) is 12.1. The fraction of sp³-hybridized carbons (Fsp3) is 0.357. The summed E-state index contributed by atoms with van der Waals surface area (Å²) >= 11 is 0. The number of benzene rings is 2. The number of esters is 1. The molecular formula is C42H53N3O6. The summed E-state index contributed by atoms with van der Waals surface area (Å²) in [5.41, 5.74) is 3.22. The first-order valence-electron chi connectivity index (χ1n) is 17.5. The maximum absolute atomic E-state index is 13.2. The SMILES string of the molecule is C=CCOC(=C)/C=C\c1ccccc1CC1=c2ccccc2=CCC=C1OCCCC(=O)NC(CCCCNC)C(=O)NC(CC=C)C(=O)OC. The first-order valence-corrected chi connectivity index (χ1v) is 17.5. The van der Waals surface area contributed by atoms with E-state index in [1.165, 1.54) is 7.11 Å². The van der Waals surface area contributed by atoms with Gasteiger partial charge in [0, 0.05) is 18.4 Å². The normalized spacial score (nSPS) is 13.4. The molecule has 1 aliphatic carbocycles. The van der Waals surface area contributed by atoms with E-state index in [1.54, 1.807) is 12.2 Å². The Bertz CT molecular complexity index is 1690. The van der Waals surface area contributed by atoms with Crippen LogP contribution < -0.4 is 26.4 Å². The van der Waals surface area contributed by atoms with Crippen LogP contribution >= 0.6 is 0 Å². The van der Waals surface area contributed by atoms with E-state index in [9.17, 15) is 14.4 Å². The van der Waals surface area contributed by atoms with Gasteiger partial charge in [0.05, 0.1) is 13.7 Å². The Morgan fingerprint density at radius 2 is 1.73 bits per heavy atom. The van der Waals surface area contributed by atoms with Gasteiger partial charge in [0.25, 0.3) is 0 Å². The molecule has 0 radical (unpaired) electrons. The fourth-order valence-electron chi connectivity index (χ4n) is 5.67. The zero-order valence-electron chi connectivity index (χ0n) is 30.1. The van der Waals surface area contributed by atoms with E-state index in [2.05, 4.69) is 72.1 Å². The van der Waals surface area contributed by atoms with E-state index in [1.807, 2.05) is 43.5 Å². The lowest BCUT2D eigenvalue weighted by Crippen LogP contribution is -2.51. The maximum Gasteiger partial charge on any atom is 0.328 e. The topological polar surface area (TPSA) is 115 Å². The highest BCUT2D eigenvalue weighted by atomic mass is 16.5. The summed E-state index contributed by atoms with van der Waals surface area (Å²) in [5, 5.41) is 10.9. The van der Waals surface area contributed by atoms with Crippen molar-refractivity contribution >= 4 is 35.5 Å². The van der Waals surface area contributed by atoms with Gasteiger partial charge in [-0.05, 0) is 85.8 Å². The monoisotopic (exact) mass is 695 g/mol. The molecule has 0 aliphatic heterocycles. The lowest BCUT2D eigenvalue weighted by Gasteiger charge is -2.22. The van der Waals surface area contributed by atoms with Crippen LogP contribution in [0.15, 0.2) is 104 Å². The van der Waals surface area contributed by atoms with Crippen molar-refractivity contribution < 1.29 is 28.6 Å². The number of rotatable bonds is 23. The van der Waals surface area contributed by atoms with Gasteiger partial charge in [-0.1, -0.05) is 86.0 Å². The predicted molar refractivity (Wildman–Crippen MR) is 204 cm³/mol. The van der Waals surface area contributed by atoms with Gasteiger partial charge in [-0.25, -0.2) is 4.79 Å². The standard InChI is InChI=1S/C42H53N3O6/c1-6-16-38(42(48)49-5)45-41(47)37(22-12-13-27-43-4)44-40(46)24-15-29-51-39-23-14-20-33-18-10-11-21-35(33)36(39)30-34-19-9-8-17-32(34)26-25-31(3)50-28-7-2/h6-11,17-21,23,25-26,37-38,43H,1-3,12-16,22,24,27-30H2,4-5H3,(H,44,46)(H,45,47)/b26-25-. The van der Waals surface area contributed by atoms with Crippen LogP contribution in [0.5, 0.6) is 0 Å². The van der Waals surface area contributed by atoms with E-state index in [0.29, 0.717) is 51.1 Å². The maximum atomic E-state index is 13.2. The van der Waals surface area contributed by atoms with E-state index in [0.717, 1.165) is 45.9 Å². The van der Waals surface area contributed by atoms with Crippen molar-refractivity contribution in [3.05, 3.63) is 126 Å². The second kappa shape index (κ2) is 22.5. The van der Waals surface area contributed by atoms with Gasteiger partial charge in [-0.2, -0.15) is 0 Å². The molecule has 51 heavy (non-hydrogen) atoms. The molecule has 9 nitrogen and oxygen atoms in total. The molecule has 2 atom stereocenters. The summed E-state index contributed by atoms with van der Waals surface area (Å²) in [6.45, 7) is 12.8. The number of hydrogen-bond acceptors (Lipinski definition) is 7. The summed E-state index contributed by atoms with van der Waals surface area (Å²) in [5.74, 6) is 0.0840. The molecule has 0 aromatic heterocycles. The molecular weight excluding hydrogens is 642 g/mol. The quantitative estimate of drug-likeness (QED) is 0.0504. The van der Waals surface area contributed by atoms with Crippen molar-refractivity contribution in [2.75, 3.05) is 33.9 Å². The van der Waals surface area contributed by atoms with E-state index in [-0.39, 0.29) is 18.7 Å². The Morgan fingerprint density at radius 3 is 2.49 bits per heavy atom. The van der Waals surface area contributed by atoms with Crippen LogP contribution in [0.25, 0.3) is 17.7 Å². The minimum absolute atomic E-state index is 0.171. The van der Waals surface area contributed by atoms with Crippen molar-refractivity contribution in [2.24, 2.45) is 0 Å². The fourth-order valence-corrected chi connectivity index (χ4v) is 5.67.